The Morgan fingerprint density at radius 1 is 0.806 bits per heavy atom. The Kier molecular flexibility index (Phi) is 9.16. The quantitative estimate of drug-likeness (QED) is 0.397. The summed E-state index contributed by atoms with van der Waals surface area (Å²) in [6, 6.07) is 9.30. The van der Waals surface area contributed by atoms with E-state index in [1.165, 1.54) is 24.3 Å². The second kappa shape index (κ2) is 10.9. The number of alkyl halides is 7. The number of hydrogen-bond donors (Lipinski definition) is 2. The van der Waals surface area contributed by atoms with Gasteiger partial charge in [-0.25, -0.2) is 0 Å². The van der Waals surface area contributed by atoms with Crippen LogP contribution in [0.25, 0.3) is 0 Å². The van der Waals surface area contributed by atoms with Crippen molar-refractivity contribution in [1.29, 1.82) is 0 Å². The standard InChI is InChI=1S/C9H6BrF3O3.C9H7F3O3/c10-7(8(14)15)5-1-3-6(4-2-5)16-9(11,12)13;10-9(11,12)15-7-3-1-6(2-4-7)5-8(13)14/h1-4,7H,(H,14,15);1-4H,5H2,(H,13,14). The molecule has 0 amide bonds. The highest BCUT2D eigenvalue weighted by Crippen LogP contribution is 2.27. The van der Waals surface area contributed by atoms with Gasteiger partial charge in [0, 0.05) is 0 Å². The van der Waals surface area contributed by atoms with Crippen LogP contribution in [0.3, 0.4) is 0 Å². The number of rotatable bonds is 6. The van der Waals surface area contributed by atoms with Crippen molar-refractivity contribution in [3.8, 4) is 11.5 Å². The SMILES string of the molecule is O=C(O)C(Br)c1ccc(OC(F)(F)F)cc1.O=C(O)Cc1ccc(OC(F)(F)F)cc1. The average Bonchev–Trinajstić information content (AvgIpc) is 2.61. The normalized spacial score (nSPS) is 12.2. The van der Waals surface area contributed by atoms with E-state index in [0.717, 1.165) is 24.3 Å². The maximum Gasteiger partial charge on any atom is 0.573 e. The summed E-state index contributed by atoms with van der Waals surface area (Å²) in [6.07, 6.45) is -9.71. The maximum atomic E-state index is 11.8. The summed E-state index contributed by atoms with van der Waals surface area (Å²) in [5.74, 6) is -2.91. The molecule has 0 radical (unpaired) electrons. The molecule has 0 aliphatic carbocycles. The van der Waals surface area contributed by atoms with Gasteiger partial charge in [0.2, 0.25) is 0 Å². The second-order valence-electron chi connectivity index (χ2n) is 5.58. The number of carboxylic acid groups (broad SMARTS) is 2. The summed E-state index contributed by atoms with van der Waals surface area (Å²) in [7, 11) is 0. The van der Waals surface area contributed by atoms with E-state index in [9.17, 15) is 35.9 Å². The van der Waals surface area contributed by atoms with E-state index in [0.29, 0.717) is 11.1 Å². The third-order valence-electron chi connectivity index (χ3n) is 3.14. The summed E-state index contributed by atoms with van der Waals surface area (Å²) >= 11 is 2.87. The minimum atomic E-state index is -4.75. The third kappa shape index (κ3) is 11.1. The molecule has 2 aromatic rings. The highest BCUT2D eigenvalue weighted by Gasteiger charge is 2.31. The lowest BCUT2D eigenvalue weighted by Gasteiger charge is -2.10. The van der Waals surface area contributed by atoms with Crippen LogP contribution in [0.5, 0.6) is 11.5 Å². The lowest BCUT2D eigenvalue weighted by Crippen LogP contribution is -2.17. The highest BCUT2D eigenvalue weighted by atomic mass is 79.9. The molecule has 13 heteroatoms. The van der Waals surface area contributed by atoms with Crippen LogP contribution in [0.2, 0.25) is 0 Å². The van der Waals surface area contributed by atoms with Crippen LogP contribution < -0.4 is 9.47 Å². The van der Waals surface area contributed by atoms with Gasteiger partial charge in [-0.2, -0.15) is 0 Å². The van der Waals surface area contributed by atoms with Crippen molar-refractivity contribution in [1.82, 2.24) is 0 Å². The number of carboxylic acids is 2. The Morgan fingerprint density at radius 2 is 1.19 bits per heavy atom. The molecule has 2 aromatic carbocycles. The average molecular weight is 519 g/mol. The molecule has 0 spiro atoms. The van der Waals surface area contributed by atoms with E-state index in [-0.39, 0.29) is 17.9 Å². The molecule has 0 heterocycles. The van der Waals surface area contributed by atoms with Gasteiger partial charge in [0.25, 0.3) is 0 Å². The van der Waals surface area contributed by atoms with Crippen LogP contribution in [0.4, 0.5) is 26.3 Å². The lowest BCUT2D eigenvalue weighted by molar-refractivity contribution is -0.275. The summed E-state index contributed by atoms with van der Waals surface area (Å²) in [5.41, 5.74) is 0.749. The number of aliphatic carboxylic acids is 2. The van der Waals surface area contributed by atoms with E-state index in [4.69, 9.17) is 10.2 Å². The fourth-order valence-corrected chi connectivity index (χ4v) is 2.27. The first-order valence-electron chi connectivity index (χ1n) is 7.95. The smallest absolute Gasteiger partial charge is 0.481 e. The van der Waals surface area contributed by atoms with Gasteiger partial charge in [-0.15, -0.1) is 26.3 Å². The third-order valence-corrected chi connectivity index (χ3v) is 4.06. The summed E-state index contributed by atoms with van der Waals surface area (Å²) in [5, 5.41) is 17.0. The Bertz CT molecular complexity index is 865. The van der Waals surface area contributed by atoms with Gasteiger partial charge in [-0.05, 0) is 35.4 Å². The molecule has 6 nitrogen and oxygen atoms in total. The van der Waals surface area contributed by atoms with Crippen molar-refractivity contribution in [2.24, 2.45) is 0 Å². The van der Waals surface area contributed by atoms with E-state index < -0.39 is 29.5 Å². The Hall–Kier alpha value is -2.96. The largest absolute Gasteiger partial charge is 0.573 e. The molecule has 0 aromatic heterocycles. The van der Waals surface area contributed by atoms with Gasteiger partial charge in [0.05, 0.1) is 6.42 Å². The first-order valence-corrected chi connectivity index (χ1v) is 8.87. The number of benzene rings is 2. The summed E-state index contributed by atoms with van der Waals surface area (Å²) in [4.78, 5) is 19.9. The molecule has 0 fully saturated rings. The Labute approximate surface area is 179 Å². The number of halogens is 7. The maximum absolute atomic E-state index is 11.8. The van der Waals surface area contributed by atoms with Crippen molar-refractivity contribution >= 4 is 27.9 Å². The van der Waals surface area contributed by atoms with Crippen molar-refractivity contribution < 1.29 is 55.6 Å². The Morgan fingerprint density at radius 3 is 1.52 bits per heavy atom. The van der Waals surface area contributed by atoms with E-state index in [1.807, 2.05) is 0 Å². The van der Waals surface area contributed by atoms with Crippen LogP contribution in [-0.4, -0.2) is 34.9 Å². The van der Waals surface area contributed by atoms with Gasteiger partial charge in [0.1, 0.15) is 16.3 Å². The van der Waals surface area contributed by atoms with Crippen molar-refractivity contribution in [2.75, 3.05) is 0 Å². The molecule has 1 unspecified atom stereocenters. The number of ether oxygens (including phenoxy) is 2. The second-order valence-corrected chi connectivity index (χ2v) is 6.50. The molecule has 170 valence electrons. The van der Waals surface area contributed by atoms with Crippen LogP contribution in [0, 0.1) is 0 Å². The Balaban J connectivity index is 0.000000311. The molecule has 1 atom stereocenters. The fraction of sp³-hybridized carbons (Fsp3) is 0.222. The molecule has 0 aliphatic heterocycles. The monoisotopic (exact) mass is 518 g/mol. The van der Waals surface area contributed by atoms with E-state index in [1.54, 1.807) is 0 Å². The van der Waals surface area contributed by atoms with Crippen molar-refractivity contribution in [2.45, 2.75) is 24.0 Å². The van der Waals surface area contributed by atoms with Gasteiger partial charge < -0.3 is 19.7 Å². The van der Waals surface area contributed by atoms with Gasteiger partial charge in [-0.1, -0.05) is 40.2 Å². The predicted octanol–water partition coefficient (Wildman–Crippen LogP) is 5.32. The molecule has 31 heavy (non-hydrogen) atoms. The van der Waals surface area contributed by atoms with Crippen molar-refractivity contribution in [3.05, 3.63) is 59.7 Å². The van der Waals surface area contributed by atoms with Gasteiger partial charge in [0.15, 0.2) is 0 Å². The molecule has 0 saturated carbocycles. The van der Waals surface area contributed by atoms with Crippen LogP contribution in [-0.2, 0) is 16.0 Å². The molecular weight excluding hydrogens is 506 g/mol. The zero-order chi connectivity index (χ0) is 23.8. The molecule has 2 N–H and O–H groups in total. The van der Waals surface area contributed by atoms with Crippen LogP contribution in [0.15, 0.2) is 48.5 Å². The van der Waals surface area contributed by atoms with E-state index in [2.05, 4.69) is 25.4 Å². The first kappa shape index (κ1) is 26.1. The summed E-state index contributed by atoms with van der Waals surface area (Å²) in [6.45, 7) is 0. The zero-order valence-electron chi connectivity index (χ0n) is 15.1. The molecule has 2 rings (SSSR count). The molecule has 0 bridgehead atoms. The molecule has 0 saturated heterocycles. The minimum Gasteiger partial charge on any atom is -0.481 e. The minimum absolute atomic E-state index is 0.230. The highest BCUT2D eigenvalue weighted by molar-refractivity contribution is 9.09. The van der Waals surface area contributed by atoms with E-state index >= 15 is 0 Å². The molecule has 0 aliphatic rings. The van der Waals surface area contributed by atoms with Crippen molar-refractivity contribution in [3.63, 3.8) is 0 Å². The van der Waals surface area contributed by atoms with Gasteiger partial charge in [-0.3, -0.25) is 9.59 Å². The van der Waals surface area contributed by atoms with Crippen LogP contribution in [0.1, 0.15) is 16.0 Å². The van der Waals surface area contributed by atoms with Gasteiger partial charge >= 0.3 is 24.7 Å². The molecular formula is C18H13BrF6O6. The number of hydrogen-bond acceptors (Lipinski definition) is 4. The van der Waals surface area contributed by atoms with Crippen LogP contribution >= 0.6 is 15.9 Å². The number of carbonyl (C=O) groups is 2. The summed E-state index contributed by atoms with van der Waals surface area (Å²) < 4.78 is 77.9. The first-order chi connectivity index (χ1) is 14.2. The lowest BCUT2D eigenvalue weighted by atomic mass is 10.1. The fourth-order valence-electron chi connectivity index (χ4n) is 1.96. The predicted molar refractivity (Wildman–Crippen MR) is 96.9 cm³/mol. The topological polar surface area (TPSA) is 93.1 Å². The zero-order valence-corrected chi connectivity index (χ0v) is 16.7.